The number of aliphatic carboxylic acids is 1. The molecular weight excluding hydrogens is 246 g/mol. The van der Waals surface area contributed by atoms with Gasteiger partial charge < -0.3 is 9.84 Å². The molecule has 0 bridgehead atoms. The first-order valence-corrected chi connectivity index (χ1v) is 5.85. The van der Waals surface area contributed by atoms with E-state index in [0.29, 0.717) is 5.69 Å². The standard InChI is InChI=1S/C13H15N3O3/c1-8(13(17)18)12(19-2)11-7-10(15-16-11)9-5-3-4-6-14-9/h3-8,12H,1-2H3,(H,15,16)(H,17,18). The summed E-state index contributed by atoms with van der Waals surface area (Å²) in [6.07, 6.45) is 1.09. The summed E-state index contributed by atoms with van der Waals surface area (Å²) in [6.45, 7) is 1.59. The Morgan fingerprint density at radius 2 is 2.26 bits per heavy atom. The number of carboxylic acid groups (broad SMARTS) is 1. The minimum absolute atomic E-state index is 0.554. The highest BCUT2D eigenvalue weighted by atomic mass is 16.5. The van der Waals surface area contributed by atoms with Gasteiger partial charge in [0.2, 0.25) is 0 Å². The molecule has 2 unspecified atom stereocenters. The lowest BCUT2D eigenvalue weighted by molar-refractivity contribution is -0.146. The molecule has 100 valence electrons. The van der Waals surface area contributed by atoms with Crippen LogP contribution in [0.5, 0.6) is 0 Å². The maximum Gasteiger partial charge on any atom is 0.309 e. The number of hydrogen-bond acceptors (Lipinski definition) is 4. The van der Waals surface area contributed by atoms with E-state index in [-0.39, 0.29) is 0 Å². The van der Waals surface area contributed by atoms with Crippen molar-refractivity contribution in [3.05, 3.63) is 36.2 Å². The number of carboxylic acids is 1. The number of aromatic nitrogens is 3. The summed E-state index contributed by atoms with van der Waals surface area (Å²) >= 11 is 0. The first kappa shape index (κ1) is 13.2. The number of carbonyl (C=O) groups is 1. The summed E-state index contributed by atoms with van der Waals surface area (Å²) in [4.78, 5) is 15.2. The minimum atomic E-state index is -0.922. The highest BCUT2D eigenvalue weighted by molar-refractivity contribution is 5.70. The third-order valence-corrected chi connectivity index (χ3v) is 2.93. The van der Waals surface area contributed by atoms with Crippen LogP contribution in [0.3, 0.4) is 0 Å². The molecular formula is C13H15N3O3. The molecule has 2 rings (SSSR count). The van der Waals surface area contributed by atoms with E-state index >= 15 is 0 Å². The molecule has 2 heterocycles. The summed E-state index contributed by atoms with van der Waals surface area (Å²) in [5.41, 5.74) is 2.03. The lowest BCUT2D eigenvalue weighted by atomic mass is 10.0. The third-order valence-electron chi connectivity index (χ3n) is 2.93. The van der Waals surface area contributed by atoms with Crippen LogP contribution in [0, 0.1) is 5.92 Å². The smallest absolute Gasteiger partial charge is 0.309 e. The number of aromatic amines is 1. The van der Waals surface area contributed by atoms with Gasteiger partial charge in [0, 0.05) is 13.3 Å². The fourth-order valence-electron chi connectivity index (χ4n) is 1.85. The highest BCUT2D eigenvalue weighted by Crippen LogP contribution is 2.26. The molecule has 0 spiro atoms. The van der Waals surface area contributed by atoms with E-state index in [1.54, 1.807) is 19.2 Å². The summed E-state index contributed by atoms with van der Waals surface area (Å²) in [6, 6.07) is 7.30. The Balaban J connectivity index is 2.27. The zero-order valence-electron chi connectivity index (χ0n) is 10.7. The molecule has 2 atom stereocenters. The van der Waals surface area contributed by atoms with Crippen molar-refractivity contribution in [2.45, 2.75) is 13.0 Å². The summed E-state index contributed by atoms with van der Waals surface area (Å²) in [5, 5.41) is 16.0. The predicted octanol–water partition coefficient (Wildman–Crippen LogP) is 1.88. The molecule has 0 aliphatic carbocycles. The van der Waals surface area contributed by atoms with Crippen LogP contribution in [-0.2, 0) is 9.53 Å². The molecule has 0 aliphatic rings. The van der Waals surface area contributed by atoms with Crippen molar-refractivity contribution in [3.63, 3.8) is 0 Å². The van der Waals surface area contributed by atoms with Gasteiger partial charge in [-0.3, -0.25) is 14.9 Å². The number of nitrogens with one attached hydrogen (secondary N) is 1. The van der Waals surface area contributed by atoms with Crippen LogP contribution in [0.2, 0.25) is 0 Å². The first-order valence-electron chi connectivity index (χ1n) is 5.85. The average molecular weight is 261 g/mol. The van der Waals surface area contributed by atoms with E-state index in [0.717, 1.165) is 11.4 Å². The van der Waals surface area contributed by atoms with Crippen LogP contribution < -0.4 is 0 Å². The van der Waals surface area contributed by atoms with Gasteiger partial charge in [-0.1, -0.05) is 6.07 Å². The Bertz CT molecular complexity index is 553. The van der Waals surface area contributed by atoms with Gasteiger partial charge in [-0.05, 0) is 25.1 Å². The number of nitrogens with zero attached hydrogens (tertiary/aromatic N) is 2. The van der Waals surface area contributed by atoms with Gasteiger partial charge in [0.15, 0.2) is 0 Å². The van der Waals surface area contributed by atoms with E-state index in [9.17, 15) is 4.79 Å². The van der Waals surface area contributed by atoms with Gasteiger partial charge in [0.25, 0.3) is 0 Å². The monoisotopic (exact) mass is 261 g/mol. The highest BCUT2D eigenvalue weighted by Gasteiger charge is 2.27. The molecule has 2 N–H and O–H groups in total. The Labute approximate surface area is 110 Å². The maximum absolute atomic E-state index is 11.0. The zero-order valence-corrected chi connectivity index (χ0v) is 10.7. The van der Waals surface area contributed by atoms with Gasteiger partial charge in [-0.15, -0.1) is 0 Å². The first-order chi connectivity index (χ1) is 9.13. The van der Waals surface area contributed by atoms with Gasteiger partial charge in [-0.2, -0.15) is 5.10 Å². The van der Waals surface area contributed by atoms with Crippen LogP contribution in [0.25, 0.3) is 11.4 Å². The quantitative estimate of drug-likeness (QED) is 0.857. The molecule has 0 saturated heterocycles. The number of pyridine rings is 1. The number of H-pyrrole nitrogens is 1. The van der Waals surface area contributed by atoms with Crippen LogP contribution in [0.4, 0.5) is 0 Å². The average Bonchev–Trinajstić information content (AvgIpc) is 2.90. The lowest BCUT2D eigenvalue weighted by Gasteiger charge is -2.16. The van der Waals surface area contributed by atoms with Crippen LogP contribution >= 0.6 is 0 Å². The Kier molecular flexibility index (Phi) is 3.91. The number of methoxy groups -OCH3 is 1. The van der Waals surface area contributed by atoms with E-state index in [1.807, 2.05) is 18.2 Å². The van der Waals surface area contributed by atoms with Crippen LogP contribution in [0.1, 0.15) is 18.7 Å². The topological polar surface area (TPSA) is 88.1 Å². The Morgan fingerprint density at radius 1 is 1.47 bits per heavy atom. The van der Waals surface area contributed by atoms with Crippen molar-refractivity contribution in [2.75, 3.05) is 7.11 Å². The fraction of sp³-hybridized carbons (Fsp3) is 0.308. The van der Waals surface area contributed by atoms with E-state index in [4.69, 9.17) is 9.84 Å². The molecule has 0 radical (unpaired) electrons. The lowest BCUT2D eigenvalue weighted by Crippen LogP contribution is -2.20. The second-order valence-corrected chi connectivity index (χ2v) is 4.20. The molecule has 2 aromatic rings. The molecule has 2 aromatic heterocycles. The van der Waals surface area contributed by atoms with Gasteiger partial charge in [0.05, 0.1) is 23.0 Å². The summed E-state index contributed by atoms with van der Waals surface area (Å²) < 4.78 is 5.22. The number of rotatable bonds is 5. The molecule has 0 aromatic carbocycles. The second kappa shape index (κ2) is 5.62. The van der Waals surface area contributed by atoms with Crippen molar-refractivity contribution < 1.29 is 14.6 Å². The van der Waals surface area contributed by atoms with E-state index < -0.39 is 18.0 Å². The SMILES string of the molecule is COC(c1cc(-c2ccccn2)[nH]n1)C(C)C(=O)O. The van der Waals surface area contributed by atoms with E-state index in [1.165, 1.54) is 7.11 Å². The number of hydrogen-bond donors (Lipinski definition) is 2. The minimum Gasteiger partial charge on any atom is -0.481 e. The predicted molar refractivity (Wildman–Crippen MR) is 68.4 cm³/mol. The molecule has 0 fully saturated rings. The summed E-state index contributed by atoms with van der Waals surface area (Å²) in [7, 11) is 1.47. The summed E-state index contributed by atoms with van der Waals surface area (Å²) in [5.74, 6) is -1.60. The van der Waals surface area contributed by atoms with Crippen molar-refractivity contribution in [2.24, 2.45) is 5.92 Å². The normalized spacial score (nSPS) is 14.0. The number of ether oxygens (including phenoxy) is 1. The van der Waals surface area contributed by atoms with E-state index in [2.05, 4.69) is 15.2 Å². The second-order valence-electron chi connectivity index (χ2n) is 4.20. The van der Waals surface area contributed by atoms with Crippen molar-refractivity contribution >= 4 is 5.97 Å². The fourth-order valence-corrected chi connectivity index (χ4v) is 1.85. The molecule has 0 aliphatic heterocycles. The molecule has 6 nitrogen and oxygen atoms in total. The van der Waals surface area contributed by atoms with Gasteiger partial charge >= 0.3 is 5.97 Å². The van der Waals surface area contributed by atoms with Gasteiger partial charge in [-0.25, -0.2) is 0 Å². The molecule has 19 heavy (non-hydrogen) atoms. The molecule has 0 amide bonds. The van der Waals surface area contributed by atoms with Crippen LogP contribution in [-0.4, -0.2) is 33.4 Å². The maximum atomic E-state index is 11.0. The molecule has 0 saturated carbocycles. The van der Waals surface area contributed by atoms with Crippen molar-refractivity contribution in [1.82, 2.24) is 15.2 Å². The van der Waals surface area contributed by atoms with Crippen molar-refractivity contribution in [3.8, 4) is 11.4 Å². The third kappa shape index (κ3) is 2.79. The Morgan fingerprint density at radius 3 is 2.84 bits per heavy atom. The Hall–Kier alpha value is -2.21. The van der Waals surface area contributed by atoms with Gasteiger partial charge in [0.1, 0.15) is 6.10 Å². The zero-order chi connectivity index (χ0) is 13.8. The largest absolute Gasteiger partial charge is 0.481 e. The van der Waals surface area contributed by atoms with Crippen LogP contribution in [0.15, 0.2) is 30.5 Å². The molecule has 6 heteroatoms. The van der Waals surface area contributed by atoms with Crippen molar-refractivity contribution in [1.29, 1.82) is 0 Å².